The van der Waals surface area contributed by atoms with Crippen LogP contribution in [0.4, 0.5) is 13.2 Å². The van der Waals surface area contributed by atoms with Gasteiger partial charge in [0.25, 0.3) is 0 Å². The zero-order valence-electron chi connectivity index (χ0n) is 11.3. The molecule has 1 rings (SSSR count). The highest BCUT2D eigenvalue weighted by Gasteiger charge is 2.42. The number of carbonyl (C=O) groups is 1. The number of hydrogen-bond donors (Lipinski definition) is 1. The smallest absolute Gasteiger partial charge is 0.385 e. The lowest BCUT2D eigenvalue weighted by atomic mass is 9.85. The Morgan fingerprint density at radius 1 is 1.32 bits per heavy atom. The second-order valence-corrected chi connectivity index (χ2v) is 5.12. The van der Waals surface area contributed by atoms with Crippen LogP contribution in [0.15, 0.2) is 0 Å². The second kappa shape index (κ2) is 7.72. The molecule has 0 radical (unpaired) electrons. The fourth-order valence-electron chi connectivity index (χ4n) is 2.45. The van der Waals surface area contributed by atoms with Gasteiger partial charge < -0.3 is 10.1 Å². The zero-order chi connectivity index (χ0) is 14.3. The molecule has 112 valence electrons. The predicted molar refractivity (Wildman–Crippen MR) is 65.7 cm³/mol. The Labute approximate surface area is 111 Å². The van der Waals surface area contributed by atoms with Crippen LogP contribution in [-0.4, -0.2) is 31.8 Å². The molecule has 1 amide bonds. The number of rotatable bonds is 6. The lowest BCUT2D eigenvalue weighted by Crippen LogP contribution is -2.41. The van der Waals surface area contributed by atoms with Crippen LogP contribution in [0.2, 0.25) is 0 Å². The Morgan fingerprint density at radius 3 is 2.68 bits per heavy atom. The summed E-state index contributed by atoms with van der Waals surface area (Å²) in [5.41, 5.74) is 0. The summed E-state index contributed by atoms with van der Waals surface area (Å²) in [5.74, 6) is -1.41. The van der Waals surface area contributed by atoms with Crippen LogP contribution in [0, 0.1) is 5.92 Å². The van der Waals surface area contributed by atoms with Crippen molar-refractivity contribution in [2.45, 2.75) is 57.2 Å². The number of hydrogen-bond acceptors (Lipinski definition) is 2. The van der Waals surface area contributed by atoms with Crippen molar-refractivity contribution in [2.24, 2.45) is 5.92 Å². The molecule has 0 unspecified atom stereocenters. The van der Waals surface area contributed by atoms with Crippen LogP contribution in [0.1, 0.15) is 44.9 Å². The van der Waals surface area contributed by atoms with E-state index < -0.39 is 12.1 Å². The molecule has 1 aliphatic rings. The Morgan fingerprint density at radius 2 is 2.05 bits per heavy atom. The summed E-state index contributed by atoms with van der Waals surface area (Å²) in [6, 6.07) is -0.324. The highest BCUT2D eigenvalue weighted by Crippen LogP contribution is 2.37. The molecule has 0 spiro atoms. The number of halogens is 3. The van der Waals surface area contributed by atoms with E-state index in [4.69, 9.17) is 4.74 Å². The van der Waals surface area contributed by atoms with Crippen molar-refractivity contribution in [3.8, 4) is 0 Å². The summed E-state index contributed by atoms with van der Waals surface area (Å²) < 4.78 is 42.7. The van der Waals surface area contributed by atoms with E-state index in [0.29, 0.717) is 32.3 Å². The van der Waals surface area contributed by atoms with Crippen molar-refractivity contribution in [3.05, 3.63) is 0 Å². The first kappa shape index (κ1) is 16.3. The first-order valence-corrected chi connectivity index (χ1v) is 6.78. The molecular weight excluding hydrogens is 259 g/mol. The molecule has 0 aromatic rings. The highest BCUT2D eigenvalue weighted by molar-refractivity contribution is 5.76. The number of unbranched alkanes of at least 4 members (excludes halogenated alkanes) is 1. The number of carbonyl (C=O) groups excluding carboxylic acids is 1. The molecule has 0 saturated heterocycles. The lowest BCUT2D eigenvalue weighted by molar-refractivity contribution is -0.184. The maximum Gasteiger partial charge on any atom is 0.391 e. The molecule has 19 heavy (non-hydrogen) atoms. The number of ether oxygens (including phenoxy) is 1. The number of methoxy groups -OCH3 is 1. The van der Waals surface area contributed by atoms with Crippen LogP contribution in [-0.2, 0) is 9.53 Å². The van der Waals surface area contributed by atoms with Crippen molar-refractivity contribution in [1.29, 1.82) is 0 Å². The van der Waals surface area contributed by atoms with Gasteiger partial charge in [0.05, 0.1) is 5.92 Å². The fraction of sp³-hybridized carbons (Fsp3) is 0.923. The minimum absolute atomic E-state index is 0.0211. The van der Waals surface area contributed by atoms with E-state index in [1.165, 1.54) is 0 Å². The molecule has 1 aliphatic carbocycles. The fourth-order valence-corrected chi connectivity index (χ4v) is 2.45. The highest BCUT2D eigenvalue weighted by atomic mass is 19.4. The Bertz CT molecular complexity index is 282. The Kier molecular flexibility index (Phi) is 6.62. The van der Waals surface area contributed by atoms with Gasteiger partial charge in [0.15, 0.2) is 0 Å². The molecule has 0 aromatic carbocycles. The molecule has 1 N–H and O–H groups in total. The third kappa shape index (κ3) is 6.27. The Hall–Kier alpha value is -0.780. The molecule has 2 atom stereocenters. The second-order valence-electron chi connectivity index (χ2n) is 5.12. The summed E-state index contributed by atoms with van der Waals surface area (Å²) in [5, 5.41) is 2.72. The van der Waals surface area contributed by atoms with E-state index in [-0.39, 0.29) is 24.8 Å². The van der Waals surface area contributed by atoms with Gasteiger partial charge in [-0.05, 0) is 32.1 Å². The zero-order valence-corrected chi connectivity index (χ0v) is 11.3. The summed E-state index contributed by atoms with van der Waals surface area (Å²) in [6.45, 7) is 0.604. The van der Waals surface area contributed by atoms with Gasteiger partial charge in [-0.15, -0.1) is 0 Å². The number of nitrogens with one attached hydrogen (secondary N) is 1. The quantitative estimate of drug-likeness (QED) is 0.760. The average molecular weight is 281 g/mol. The van der Waals surface area contributed by atoms with E-state index in [0.717, 1.165) is 6.42 Å². The van der Waals surface area contributed by atoms with Crippen molar-refractivity contribution in [2.75, 3.05) is 13.7 Å². The number of amides is 1. The molecular formula is C13H22F3NO2. The van der Waals surface area contributed by atoms with Gasteiger partial charge in [-0.3, -0.25) is 4.79 Å². The molecule has 0 aliphatic heterocycles. The summed E-state index contributed by atoms with van der Waals surface area (Å²) in [7, 11) is 1.60. The largest absolute Gasteiger partial charge is 0.391 e. The van der Waals surface area contributed by atoms with Crippen LogP contribution in [0.3, 0.4) is 0 Å². The summed E-state index contributed by atoms with van der Waals surface area (Å²) >= 11 is 0. The summed E-state index contributed by atoms with van der Waals surface area (Å²) in [6.07, 6.45) is -0.903. The van der Waals surface area contributed by atoms with Crippen molar-refractivity contribution in [3.63, 3.8) is 0 Å². The van der Waals surface area contributed by atoms with Gasteiger partial charge in [-0.2, -0.15) is 13.2 Å². The van der Waals surface area contributed by atoms with Gasteiger partial charge >= 0.3 is 6.18 Å². The summed E-state index contributed by atoms with van der Waals surface area (Å²) in [4.78, 5) is 11.6. The standard InChI is InChI=1S/C13H22F3NO2/c1-19-8-3-2-7-12(18)17-11-6-4-5-10(9-11)13(14,15)16/h10-11H,2-9H2,1H3,(H,17,18)/t10-,11+/m0/s1. The van der Waals surface area contributed by atoms with Crippen molar-refractivity contribution >= 4 is 5.91 Å². The van der Waals surface area contributed by atoms with Gasteiger partial charge in [0, 0.05) is 26.2 Å². The van der Waals surface area contributed by atoms with Crippen LogP contribution in [0.25, 0.3) is 0 Å². The first-order chi connectivity index (χ1) is 8.93. The van der Waals surface area contributed by atoms with Gasteiger partial charge in [-0.25, -0.2) is 0 Å². The molecule has 0 bridgehead atoms. The normalized spacial score (nSPS) is 24.2. The monoisotopic (exact) mass is 281 g/mol. The maximum atomic E-state index is 12.6. The molecule has 0 aromatic heterocycles. The van der Waals surface area contributed by atoms with E-state index in [9.17, 15) is 18.0 Å². The van der Waals surface area contributed by atoms with Crippen LogP contribution >= 0.6 is 0 Å². The molecule has 1 saturated carbocycles. The Balaban J connectivity index is 2.26. The first-order valence-electron chi connectivity index (χ1n) is 6.78. The SMILES string of the molecule is COCCCCC(=O)N[C@@H]1CCC[C@H](C(F)(F)F)C1. The lowest BCUT2D eigenvalue weighted by Gasteiger charge is -2.31. The average Bonchev–Trinajstić information content (AvgIpc) is 2.34. The van der Waals surface area contributed by atoms with Crippen LogP contribution in [0.5, 0.6) is 0 Å². The van der Waals surface area contributed by atoms with Crippen molar-refractivity contribution in [1.82, 2.24) is 5.32 Å². The minimum Gasteiger partial charge on any atom is -0.385 e. The van der Waals surface area contributed by atoms with Gasteiger partial charge in [-0.1, -0.05) is 6.42 Å². The van der Waals surface area contributed by atoms with E-state index in [1.807, 2.05) is 0 Å². The van der Waals surface area contributed by atoms with E-state index in [1.54, 1.807) is 7.11 Å². The van der Waals surface area contributed by atoms with E-state index >= 15 is 0 Å². The van der Waals surface area contributed by atoms with Crippen LogP contribution < -0.4 is 5.32 Å². The third-order valence-electron chi connectivity index (χ3n) is 3.50. The molecule has 1 fully saturated rings. The minimum atomic E-state index is -4.14. The predicted octanol–water partition coefficient (Wildman–Crippen LogP) is 3.04. The topological polar surface area (TPSA) is 38.3 Å². The molecule has 6 heteroatoms. The van der Waals surface area contributed by atoms with Crippen molar-refractivity contribution < 1.29 is 22.7 Å². The third-order valence-corrected chi connectivity index (χ3v) is 3.50. The molecule has 3 nitrogen and oxygen atoms in total. The maximum absolute atomic E-state index is 12.6. The van der Waals surface area contributed by atoms with Gasteiger partial charge in [0.1, 0.15) is 0 Å². The number of alkyl halides is 3. The molecule has 0 heterocycles. The van der Waals surface area contributed by atoms with E-state index in [2.05, 4.69) is 5.32 Å². The van der Waals surface area contributed by atoms with Gasteiger partial charge in [0.2, 0.25) is 5.91 Å².